The fraction of sp³-hybridized carbons (Fsp3) is 0.923. The van der Waals surface area contributed by atoms with Crippen molar-refractivity contribution in [1.82, 2.24) is 4.90 Å². The molecule has 1 aliphatic rings. The first-order chi connectivity index (χ1) is 7.62. The first-order valence-corrected chi connectivity index (χ1v) is 7.38. The number of hydrogen-bond acceptors (Lipinski definition) is 2. The largest absolute Gasteiger partial charge is 0.304 e. The highest BCUT2D eigenvalue weighted by molar-refractivity contribution is 9.09. The minimum absolute atomic E-state index is 0.140. The molecule has 0 bridgehead atoms. The predicted octanol–water partition coefficient (Wildman–Crippen LogP) is 3.42. The highest BCUT2D eigenvalue weighted by Gasteiger charge is 2.32. The SMILES string of the molecule is CC(C#N)CN(C)CC1(CBr)CCCCC1. The Kier molecular flexibility index (Phi) is 5.78. The predicted molar refractivity (Wildman–Crippen MR) is 71.6 cm³/mol. The van der Waals surface area contributed by atoms with Gasteiger partial charge in [0.05, 0.1) is 12.0 Å². The smallest absolute Gasteiger partial charge is 0.0666 e. The average Bonchev–Trinajstić information content (AvgIpc) is 2.29. The molecule has 16 heavy (non-hydrogen) atoms. The highest BCUT2D eigenvalue weighted by Crippen LogP contribution is 2.38. The summed E-state index contributed by atoms with van der Waals surface area (Å²) in [6, 6.07) is 2.31. The second-order valence-corrected chi connectivity index (χ2v) is 5.98. The van der Waals surface area contributed by atoms with Gasteiger partial charge >= 0.3 is 0 Å². The summed E-state index contributed by atoms with van der Waals surface area (Å²) in [5.74, 6) is 0.140. The minimum atomic E-state index is 0.140. The minimum Gasteiger partial charge on any atom is -0.304 e. The molecule has 1 atom stereocenters. The molecule has 0 amide bonds. The maximum absolute atomic E-state index is 8.82. The zero-order chi connectivity index (χ0) is 12.0. The normalized spacial score (nSPS) is 21.7. The monoisotopic (exact) mass is 286 g/mol. The number of halogens is 1. The van der Waals surface area contributed by atoms with Crippen molar-refractivity contribution >= 4 is 15.9 Å². The Hall–Kier alpha value is -0.0700. The summed E-state index contributed by atoms with van der Waals surface area (Å²) in [6.07, 6.45) is 6.81. The molecule has 0 saturated heterocycles. The molecule has 0 radical (unpaired) electrons. The number of alkyl halides is 1. The average molecular weight is 287 g/mol. The van der Waals surface area contributed by atoms with Gasteiger partial charge in [-0.1, -0.05) is 35.2 Å². The van der Waals surface area contributed by atoms with E-state index in [-0.39, 0.29) is 5.92 Å². The van der Waals surface area contributed by atoms with Crippen LogP contribution in [0.1, 0.15) is 39.0 Å². The van der Waals surface area contributed by atoms with Crippen LogP contribution >= 0.6 is 15.9 Å². The van der Waals surface area contributed by atoms with Gasteiger partial charge in [0.2, 0.25) is 0 Å². The summed E-state index contributed by atoms with van der Waals surface area (Å²) in [4.78, 5) is 2.33. The van der Waals surface area contributed by atoms with Gasteiger partial charge in [-0.15, -0.1) is 0 Å². The van der Waals surface area contributed by atoms with E-state index in [2.05, 4.69) is 33.9 Å². The van der Waals surface area contributed by atoms with Crippen LogP contribution < -0.4 is 0 Å². The Balaban J connectivity index is 2.46. The summed E-state index contributed by atoms with van der Waals surface area (Å²) >= 11 is 3.69. The molecule has 0 heterocycles. The molecule has 1 unspecified atom stereocenters. The van der Waals surface area contributed by atoms with Crippen molar-refractivity contribution < 1.29 is 0 Å². The Morgan fingerprint density at radius 1 is 1.38 bits per heavy atom. The van der Waals surface area contributed by atoms with E-state index in [0.717, 1.165) is 18.4 Å². The second kappa shape index (κ2) is 6.61. The van der Waals surface area contributed by atoms with Crippen LogP contribution in [-0.4, -0.2) is 30.4 Å². The molecular formula is C13H23BrN2. The Labute approximate surface area is 108 Å². The van der Waals surface area contributed by atoms with E-state index in [0.29, 0.717) is 5.41 Å². The quantitative estimate of drug-likeness (QED) is 0.724. The molecule has 0 aliphatic heterocycles. The van der Waals surface area contributed by atoms with E-state index < -0.39 is 0 Å². The lowest BCUT2D eigenvalue weighted by Gasteiger charge is -2.39. The fourth-order valence-electron chi connectivity index (χ4n) is 2.78. The molecule has 92 valence electrons. The fourth-order valence-corrected chi connectivity index (χ4v) is 3.52. The maximum atomic E-state index is 8.82. The van der Waals surface area contributed by atoms with E-state index in [4.69, 9.17) is 5.26 Å². The van der Waals surface area contributed by atoms with Gasteiger partial charge < -0.3 is 4.90 Å². The van der Waals surface area contributed by atoms with Crippen molar-refractivity contribution in [3.8, 4) is 6.07 Å². The summed E-state index contributed by atoms with van der Waals surface area (Å²) in [5.41, 5.74) is 0.460. The van der Waals surface area contributed by atoms with Gasteiger partial charge in [-0.25, -0.2) is 0 Å². The molecule has 3 heteroatoms. The molecule has 0 aromatic carbocycles. The van der Waals surface area contributed by atoms with Crippen LogP contribution in [0.3, 0.4) is 0 Å². The summed E-state index contributed by atoms with van der Waals surface area (Å²) in [7, 11) is 2.15. The van der Waals surface area contributed by atoms with Gasteiger partial charge in [-0.3, -0.25) is 0 Å². The van der Waals surface area contributed by atoms with Crippen molar-refractivity contribution in [1.29, 1.82) is 5.26 Å². The molecule has 2 nitrogen and oxygen atoms in total. The lowest BCUT2D eigenvalue weighted by Crippen LogP contribution is -2.40. The number of hydrogen-bond donors (Lipinski definition) is 0. The molecule has 0 spiro atoms. The van der Waals surface area contributed by atoms with Gasteiger partial charge in [-0.2, -0.15) is 5.26 Å². The van der Waals surface area contributed by atoms with E-state index in [1.807, 2.05) is 6.92 Å². The van der Waals surface area contributed by atoms with Crippen LogP contribution in [0.4, 0.5) is 0 Å². The van der Waals surface area contributed by atoms with E-state index in [1.165, 1.54) is 32.1 Å². The van der Waals surface area contributed by atoms with E-state index >= 15 is 0 Å². The molecule has 1 saturated carbocycles. The summed E-state index contributed by atoms with van der Waals surface area (Å²) in [5, 5.41) is 9.93. The lowest BCUT2D eigenvalue weighted by atomic mass is 9.75. The number of nitrogens with zero attached hydrogens (tertiary/aromatic N) is 2. The molecule has 1 rings (SSSR count). The number of rotatable bonds is 5. The second-order valence-electron chi connectivity index (χ2n) is 5.42. The van der Waals surface area contributed by atoms with Crippen molar-refractivity contribution in [2.45, 2.75) is 39.0 Å². The first-order valence-electron chi connectivity index (χ1n) is 6.26. The standard InChI is InChI=1S/C13H23BrN2/c1-12(8-15)9-16(2)11-13(10-14)6-4-3-5-7-13/h12H,3-7,9-11H2,1-2H3. The Bertz CT molecular complexity index is 241. The summed E-state index contributed by atoms with van der Waals surface area (Å²) < 4.78 is 0. The number of nitriles is 1. The van der Waals surface area contributed by atoms with Crippen molar-refractivity contribution in [3.05, 3.63) is 0 Å². The summed E-state index contributed by atoms with van der Waals surface area (Å²) in [6.45, 7) is 4.02. The third-order valence-corrected chi connectivity index (χ3v) is 4.80. The van der Waals surface area contributed by atoms with Crippen LogP contribution in [-0.2, 0) is 0 Å². The molecule has 0 aromatic heterocycles. The molecule has 1 aliphatic carbocycles. The molecule has 1 fully saturated rings. The van der Waals surface area contributed by atoms with Crippen molar-refractivity contribution in [2.24, 2.45) is 11.3 Å². The van der Waals surface area contributed by atoms with Crippen LogP contribution in [0.15, 0.2) is 0 Å². The van der Waals surface area contributed by atoms with Crippen LogP contribution in [0.5, 0.6) is 0 Å². The van der Waals surface area contributed by atoms with Crippen LogP contribution in [0, 0.1) is 22.7 Å². The molecule has 0 N–H and O–H groups in total. The lowest BCUT2D eigenvalue weighted by molar-refractivity contribution is 0.140. The maximum Gasteiger partial charge on any atom is 0.0666 e. The van der Waals surface area contributed by atoms with Gasteiger partial charge in [0, 0.05) is 18.4 Å². The van der Waals surface area contributed by atoms with Gasteiger partial charge in [-0.05, 0) is 32.2 Å². The van der Waals surface area contributed by atoms with Crippen LogP contribution in [0.25, 0.3) is 0 Å². The zero-order valence-electron chi connectivity index (χ0n) is 10.5. The van der Waals surface area contributed by atoms with E-state index in [1.54, 1.807) is 0 Å². The Morgan fingerprint density at radius 3 is 2.50 bits per heavy atom. The first kappa shape index (κ1) is 14.0. The molecular weight excluding hydrogens is 264 g/mol. The van der Waals surface area contributed by atoms with Gasteiger partial charge in [0.15, 0.2) is 0 Å². The van der Waals surface area contributed by atoms with E-state index in [9.17, 15) is 0 Å². The van der Waals surface area contributed by atoms with Crippen molar-refractivity contribution in [2.75, 3.05) is 25.5 Å². The Morgan fingerprint density at radius 2 is 2.00 bits per heavy atom. The van der Waals surface area contributed by atoms with Crippen molar-refractivity contribution in [3.63, 3.8) is 0 Å². The third kappa shape index (κ3) is 4.07. The van der Waals surface area contributed by atoms with Gasteiger partial charge in [0.1, 0.15) is 0 Å². The topological polar surface area (TPSA) is 27.0 Å². The third-order valence-electron chi connectivity index (χ3n) is 3.61. The van der Waals surface area contributed by atoms with Crippen LogP contribution in [0.2, 0.25) is 0 Å². The molecule has 0 aromatic rings. The van der Waals surface area contributed by atoms with Gasteiger partial charge in [0.25, 0.3) is 0 Å². The zero-order valence-corrected chi connectivity index (χ0v) is 12.1. The highest BCUT2D eigenvalue weighted by atomic mass is 79.9.